The minimum atomic E-state index is -5.13. The van der Waals surface area contributed by atoms with Crippen LogP contribution in [0.15, 0.2) is 60.7 Å². The lowest BCUT2D eigenvalue weighted by atomic mass is 10.0. The highest BCUT2D eigenvalue weighted by molar-refractivity contribution is 5.91. The van der Waals surface area contributed by atoms with Gasteiger partial charge in [0.05, 0.1) is 70.3 Å². The molecule has 0 saturated carbocycles. The molecule has 0 heterocycles. The largest absolute Gasteiger partial charge is 0.493 e. The van der Waals surface area contributed by atoms with Gasteiger partial charge in [0.15, 0.2) is 0 Å². The Kier molecular flexibility index (Phi) is 26.7. The number of unbranched alkanes of at least 4 members (excludes halogenated alkanes) is 1. The molecule has 8 N–H and O–H groups in total. The summed E-state index contributed by atoms with van der Waals surface area (Å²) in [6.45, 7) is 0.922. The monoisotopic (exact) mass is 1090 g/mol. The molecule has 3 aromatic rings. The predicted molar refractivity (Wildman–Crippen MR) is 257 cm³/mol. The number of aliphatic carboxylic acids is 3. The molecule has 0 bridgehead atoms. The van der Waals surface area contributed by atoms with Crippen LogP contribution in [0.4, 0.5) is 31.1 Å². The van der Waals surface area contributed by atoms with E-state index in [1.165, 1.54) is 6.92 Å². The maximum absolute atomic E-state index is 13.8. The number of ether oxygens (including phenoxy) is 4. The third-order valence-corrected chi connectivity index (χ3v) is 10.9. The van der Waals surface area contributed by atoms with Crippen LogP contribution >= 0.6 is 0 Å². The number of rotatable bonds is 35. The topological polar surface area (TPSA) is 298 Å². The van der Waals surface area contributed by atoms with Crippen LogP contribution in [0.5, 0.6) is 5.75 Å². The van der Waals surface area contributed by atoms with Crippen LogP contribution in [-0.4, -0.2) is 158 Å². The quantitative estimate of drug-likeness (QED) is 0.0303. The minimum Gasteiger partial charge on any atom is -0.493 e. The zero-order valence-electron chi connectivity index (χ0n) is 41.4. The first-order chi connectivity index (χ1) is 35.9. The van der Waals surface area contributed by atoms with Crippen molar-refractivity contribution in [3.8, 4) is 5.75 Å². The standard InChI is InChI=1S/C49H62F6N6O15/c1-31(62)56-16-20-74-22-24-75-23-21-73-19-14-42(64)61(17-6-18-76-37-28-35(48(50,51)52)27-36(29-37)49(53,54)55)30-41(63)58-40(26-32-10-11-33-7-2-3-8-34(33)25-32)44(67)57-15-5-4-9-38(45(68)69)59-47(72)60-39(46(70)71)12-13-43(65)66/h2-3,7-8,10-11,25,27-29,38-40H,4-6,9,12-24,26,30H2,1H3,(H,56,62)(H,57,67)(H,58,63)(H,65,66)(H,68,69)(H,70,71)(H2,59,60,72)/t38-,39-,40-/m0/s1. The van der Waals surface area contributed by atoms with Crippen LogP contribution < -0.4 is 31.3 Å². The van der Waals surface area contributed by atoms with Gasteiger partial charge in [-0.3, -0.25) is 24.0 Å². The molecule has 27 heteroatoms. The number of nitrogens with zero attached hydrogens (tertiary/aromatic N) is 1. The molecule has 0 fully saturated rings. The Morgan fingerprint density at radius 1 is 0.605 bits per heavy atom. The molecular formula is C49H62F6N6O15. The van der Waals surface area contributed by atoms with E-state index in [1.807, 2.05) is 23.5 Å². The Morgan fingerprint density at radius 2 is 1.20 bits per heavy atom. The third kappa shape index (κ3) is 24.8. The third-order valence-electron chi connectivity index (χ3n) is 10.9. The molecule has 0 aliphatic heterocycles. The summed E-state index contributed by atoms with van der Waals surface area (Å²) in [6.07, 6.45) is -11.8. The molecule has 6 amide bonds. The SMILES string of the molecule is CC(=O)NCCOCCOCCOCCC(=O)N(CCCOc1cc(C(F)(F)F)cc(C(F)(F)F)c1)CC(=O)N[C@@H](Cc1ccc2ccccc2c1)C(=O)NCCCC[C@H](NC(=O)N[C@@H](CCC(=O)O)C(=O)O)C(=O)O. The highest BCUT2D eigenvalue weighted by Crippen LogP contribution is 2.38. The second kappa shape index (κ2) is 32.2. The number of carbonyl (C=O) groups is 8. The average molecular weight is 1090 g/mol. The fourth-order valence-corrected chi connectivity index (χ4v) is 7.08. The van der Waals surface area contributed by atoms with E-state index in [-0.39, 0.29) is 103 Å². The summed E-state index contributed by atoms with van der Waals surface area (Å²) in [4.78, 5) is 99.8. The molecule has 3 atom stereocenters. The Labute approximate surface area is 432 Å². The highest BCUT2D eigenvalue weighted by Gasteiger charge is 2.37. The van der Waals surface area contributed by atoms with Crippen molar-refractivity contribution in [2.75, 3.05) is 72.4 Å². The van der Waals surface area contributed by atoms with Crippen LogP contribution in [0.25, 0.3) is 10.8 Å². The van der Waals surface area contributed by atoms with Crippen molar-refractivity contribution in [1.82, 2.24) is 31.5 Å². The van der Waals surface area contributed by atoms with Gasteiger partial charge in [-0.2, -0.15) is 26.3 Å². The number of urea groups is 1. The van der Waals surface area contributed by atoms with E-state index in [9.17, 15) is 74.9 Å². The fraction of sp³-hybridized carbons (Fsp3) is 0.510. The van der Waals surface area contributed by atoms with Gasteiger partial charge in [0.2, 0.25) is 23.6 Å². The van der Waals surface area contributed by atoms with Gasteiger partial charge < -0.3 is 65.8 Å². The summed E-state index contributed by atoms with van der Waals surface area (Å²) in [5, 5.41) is 41.6. The van der Waals surface area contributed by atoms with Gasteiger partial charge >= 0.3 is 36.3 Å². The molecule has 0 unspecified atom stereocenters. The number of hydrogen-bond acceptors (Lipinski definition) is 12. The van der Waals surface area contributed by atoms with Gasteiger partial charge in [0.25, 0.3) is 0 Å². The molecule has 0 aliphatic rings. The lowest BCUT2D eigenvalue weighted by Crippen LogP contribution is -2.51. The van der Waals surface area contributed by atoms with Gasteiger partial charge in [-0.05, 0) is 66.6 Å². The van der Waals surface area contributed by atoms with E-state index in [2.05, 4.69) is 21.3 Å². The van der Waals surface area contributed by atoms with Gasteiger partial charge in [0.1, 0.15) is 23.9 Å². The van der Waals surface area contributed by atoms with E-state index in [0.29, 0.717) is 24.2 Å². The summed E-state index contributed by atoms with van der Waals surface area (Å²) in [6, 6.07) is 7.86. The number of carboxylic acids is 3. The fourth-order valence-electron chi connectivity index (χ4n) is 7.08. The summed E-state index contributed by atoms with van der Waals surface area (Å²) in [5.41, 5.74) is -2.58. The Bertz CT molecular complexity index is 2380. The summed E-state index contributed by atoms with van der Waals surface area (Å²) in [7, 11) is 0. The van der Waals surface area contributed by atoms with E-state index in [1.54, 1.807) is 24.3 Å². The first-order valence-corrected chi connectivity index (χ1v) is 23.9. The Balaban J connectivity index is 1.70. The number of alkyl halides is 6. The average Bonchev–Trinajstić information content (AvgIpc) is 3.34. The molecule has 0 aromatic heterocycles. The van der Waals surface area contributed by atoms with E-state index in [0.717, 1.165) is 15.7 Å². The summed E-state index contributed by atoms with van der Waals surface area (Å²) >= 11 is 0. The van der Waals surface area contributed by atoms with Crippen molar-refractivity contribution < 1.29 is 99.0 Å². The van der Waals surface area contributed by atoms with E-state index >= 15 is 0 Å². The summed E-state index contributed by atoms with van der Waals surface area (Å²) in [5.74, 6) is -7.41. The van der Waals surface area contributed by atoms with Gasteiger partial charge in [-0.1, -0.05) is 42.5 Å². The van der Waals surface area contributed by atoms with Crippen molar-refractivity contribution in [3.05, 3.63) is 77.4 Å². The number of benzene rings is 3. The minimum absolute atomic E-state index is 0.0523. The molecule has 0 radical (unpaired) electrons. The van der Waals surface area contributed by atoms with Crippen LogP contribution in [0.1, 0.15) is 68.6 Å². The first-order valence-electron chi connectivity index (χ1n) is 23.9. The number of halogens is 6. The number of hydrogen-bond donors (Lipinski definition) is 8. The van der Waals surface area contributed by atoms with Crippen LogP contribution in [0.3, 0.4) is 0 Å². The smallest absolute Gasteiger partial charge is 0.416 e. The van der Waals surface area contributed by atoms with Crippen molar-refractivity contribution in [3.63, 3.8) is 0 Å². The molecule has 0 aliphatic carbocycles. The number of fused-ring (bicyclic) bond motifs is 1. The van der Waals surface area contributed by atoms with Crippen LogP contribution in [-0.2, 0) is 66.5 Å². The zero-order chi connectivity index (χ0) is 56.3. The molecule has 0 saturated heterocycles. The van der Waals surface area contributed by atoms with E-state index in [4.69, 9.17) is 24.1 Å². The van der Waals surface area contributed by atoms with Crippen LogP contribution in [0.2, 0.25) is 0 Å². The van der Waals surface area contributed by atoms with E-state index < -0.39 is 115 Å². The first kappa shape index (κ1) is 63.0. The Hall–Kier alpha value is -7.26. The van der Waals surface area contributed by atoms with Crippen LogP contribution in [0, 0.1) is 0 Å². The van der Waals surface area contributed by atoms with Crippen molar-refractivity contribution >= 4 is 58.3 Å². The number of nitrogens with one attached hydrogen (secondary N) is 5. The molecule has 420 valence electrons. The summed E-state index contributed by atoms with van der Waals surface area (Å²) < 4.78 is 102. The molecule has 0 spiro atoms. The van der Waals surface area contributed by atoms with Gasteiger partial charge in [-0.15, -0.1) is 0 Å². The molecule has 3 aromatic carbocycles. The lowest BCUT2D eigenvalue weighted by molar-refractivity contribution is -0.144. The maximum atomic E-state index is 13.8. The van der Waals surface area contributed by atoms with Crippen molar-refractivity contribution in [1.29, 1.82) is 0 Å². The maximum Gasteiger partial charge on any atom is 0.416 e. The number of carbonyl (C=O) groups excluding carboxylic acids is 5. The normalized spacial score (nSPS) is 12.7. The number of amides is 6. The van der Waals surface area contributed by atoms with Gasteiger partial charge in [0, 0.05) is 39.4 Å². The van der Waals surface area contributed by atoms with Crippen molar-refractivity contribution in [2.24, 2.45) is 0 Å². The Morgan fingerprint density at radius 3 is 1.79 bits per heavy atom. The zero-order valence-corrected chi connectivity index (χ0v) is 41.4. The lowest BCUT2D eigenvalue weighted by Gasteiger charge is -2.25. The second-order valence-electron chi connectivity index (χ2n) is 17.0. The number of carboxylic acid groups (broad SMARTS) is 3. The molecule has 3 rings (SSSR count). The predicted octanol–water partition coefficient (Wildman–Crippen LogP) is 4.14. The van der Waals surface area contributed by atoms with Gasteiger partial charge in [-0.25, -0.2) is 14.4 Å². The van der Waals surface area contributed by atoms with Crippen molar-refractivity contribution in [2.45, 2.75) is 88.8 Å². The molecule has 21 nitrogen and oxygen atoms in total. The molecular weight excluding hydrogens is 1030 g/mol. The highest BCUT2D eigenvalue weighted by atomic mass is 19.4. The molecule has 76 heavy (non-hydrogen) atoms. The second-order valence-corrected chi connectivity index (χ2v) is 17.0.